The molecule has 0 unspecified atom stereocenters. The number of fused-ring (bicyclic) bond motifs is 1. The molecule has 0 bridgehead atoms. The van der Waals surface area contributed by atoms with E-state index in [1.807, 2.05) is 12.3 Å². The van der Waals surface area contributed by atoms with Crippen molar-refractivity contribution in [3.63, 3.8) is 0 Å². The maximum Gasteiger partial charge on any atom is 0.142 e. The highest BCUT2D eigenvalue weighted by atomic mass is 79.9. The molecule has 0 aliphatic carbocycles. The SMILES string of the molecule is Cc1c(Br)n(COCC[Si](C)(C)C)c2ncccc12. The smallest absolute Gasteiger partial charge is 0.142 e. The minimum absolute atomic E-state index is 0.562. The molecule has 2 heterocycles. The van der Waals surface area contributed by atoms with E-state index >= 15 is 0 Å². The zero-order valence-corrected chi connectivity index (χ0v) is 14.6. The Kier molecular flexibility index (Phi) is 4.48. The molecular weight excluding hydrogens is 320 g/mol. The number of halogens is 1. The number of hydrogen-bond donors (Lipinski definition) is 0. The Morgan fingerprint density at radius 1 is 1.37 bits per heavy atom. The largest absolute Gasteiger partial charge is 0.361 e. The van der Waals surface area contributed by atoms with Crippen molar-refractivity contribution in [3.05, 3.63) is 28.5 Å². The molecule has 0 atom stereocenters. The zero-order chi connectivity index (χ0) is 14.0. The molecular formula is C14H21BrN2OSi. The van der Waals surface area contributed by atoms with Gasteiger partial charge in [-0.2, -0.15) is 0 Å². The Balaban J connectivity index is 2.11. The summed E-state index contributed by atoms with van der Waals surface area (Å²) in [4.78, 5) is 4.45. The van der Waals surface area contributed by atoms with Crippen LogP contribution in [0, 0.1) is 6.92 Å². The van der Waals surface area contributed by atoms with Gasteiger partial charge in [-0.3, -0.25) is 4.57 Å². The molecule has 3 nitrogen and oxygen atoms in total. The summed E-state index contributed by atoms with van der Waals surface area (Å²) in [6, 6.07) is 5.26. The molecule has 104 valence electrons. The van der Waals surface area contributed by atoms with Crippen molar-refractivity contribution in [1.29, 1.82) is 0 Å². The average Bonchev–Trinajstić information content (AvgIpc) is 2.58. The molecule has 2 rings (SSSR count). The second-order valence-corrected chi connectivity index (χ2v) is 12.4. The first-order chi connectivity index (χ1) is 8.90. The van der Waals surface area contributed by atoms with Crippen molar-refractivity contribution in [2.45, 2.75) is 39.3 Å². The van der Waals surface area contributed by atoms with E-state index in [9.17, 15) is 0 Å². The van der Waals surface area contributed by atoms with Crippen molar-refractivity contribution in [3.8, 4) is 0 Å². The van der Waals surface area contributed by atoms with Crippen LogP contribution in [-0.2, 0) is 11.5 Å². The molecule has 0 spiro atoms. The van der Waals surface area contributed by atoms with Gasteiger partial charge in [0.05, 0.1) is 4.60 Å². The lowest BCUT2D eigenvalue weighted by Crippen LogP contribution is -2.22. The summed E-state index contributed by atoms with van der Waals surface area (Å²) in [6.07, 6.45) is 1.83. The van der Waals surface area contributed by atoms with Gasteiger partial charge < -0.3 is 4.74 Å². The number of pyridine rings is 1. The average molecular weight is 341 g/mol. The molecule has 0 radical (unpaired) electrons. The fourth-order valence-electron chi connectivity index (χ4n) is 1.96. The number of aryl methyl sites for hydroxylation is 1. The van der Waals surface area contributed by atoms with E-state index in [0.717, 1.165) is 16.9 Å². The van der Waals surface area contributed by atoms with Crippen molar-refractivity contribution in [1.82, 2.24) is 9.55 Å². The Morgan fingerprint density at radius 3 is 2.79 bits per heavy atom. The third-order valence-corrected chi connectivity index (χ3v) is 5.94. The fraction of sp³-hybridized carbons (Fsp3) is 0.500. The zero-order valence-electron chi connectivity index (χ0n) is 12.0. The van der Waals surface area contributed by atoms with Crippen LogP contribution in [0.2, 0.25) is 25.7 Å². The second-order valence-electron chi connectivity index (χ2n) is 6.07. The summed E-state index contributed by atoms with van der Waals surface area (Å²) in [7, 11) is -1.02. The number of nitrogens with zero attached hydrogens (tertiary/aromatic N) is 2. The summed E-state index contributed by atoms with van der Waals surface area (Å²) in [5, 5.41) is 1.18. The van der Waals surface area contributed by atoms with Crippen LogP contribution in [0.4, 0.5) is 0 Å². The van der Waals surface area contributed by atoms with Gasteiger partial charge in [-0.1, -0.05) is 19.6 Å². The monoisotopic (exact) mass is 340 g/mol. The molecule has 2 aromatic heterocycles. The lowest BCUT2D eigenvalue weighted by atomic mass is 10.2. The first kappa shape index (κ1) is 14.7. The van der Waals surface area contributed by atoms with Crippen molar-refractivity contribution in [2.75, 3.05) is 6.61 Å². The maximum atomic E-state index is 5.83. The standard InChI is InChI=1S/C14H21BrN2OSi/c1-11-12-6-5-7-16-14(12)17(13(11)15)10-18-8-9-19(2,3)4/h5-7H,8-10H2,1-4H3. The third-order valence-electron chi connectivity index (χ3n) is 3.21. The quantitative estimate of drug-likeness (QED) is 0.595. The number of hydrogen-bond acceptors (Lipinski definition) is 2. The highest BCUT2D eigenvalue weighted by molar-refractivity contribution is 9.10. The van der Waals surface area contributed by atoms with Crippen LogP contribution in [0.5, 0.6) is 0 Å². The molecule has 0 saturated heterocycles. The van der Waals surface area contributed by atoms with Gasteiger partial charge in [-0.25, -0.2) is 4.98 Å². The van der Waals surface area contributed by atoms with E-state index in [1.54, 1.807) is 0 Å². The molecule has 0 aliphatic heterocycles. The summed E-state index contributed by atoms with van der Waals surface area (Å²) in [6.45, 7) is 10.6. The molecule has 0 amide bonds. The molecule has 19 heavy (non-hydrogen) atoms. The lowest BCUT2D eigenvalue weighted by molar-refractivity contribution is 0.0884. The lowest BCUT2D eigenvalue weighted by Gasteiger charge is -2.16. The molecule has 0 saturated carbocycles. The molecule has 2 aromatic rings. The van der Waals surface area contributed by atoms with Gasteiger partial charge in [0.25, 0.3) is 0 Å². The van der Waals surface area contributed by atoms with Gasteiger partial charge >= 0.3 is 0 Å². The predicted molar refractivity (Wildman–Crippen MR) is 86.3 cm³/mol. The van der Waals surface area contributed by atoms with E-state index in [2.05, 4.69) is 58.1 Å². The Hall–Kier alpha value is -0.653. The number of rotatable bonds is 5. The summed E-state index contributed by atoms with van der Waals surface area (Å²) in [5.41, 5.74) is 2.21. The van der Waals surface area contributed by atoms with Gasteiger partial charge in [0.15, 0.2) is 0 Å². The topological polar surface area (TPSA) is 27.1 Å². The highest BCUT2D eigenvalue weighted by Crippen LogP contribution is 2.28. The summed E-state index contributed by atoms with van der Waals surface area (Å²) >= 11 is 3.64. The van der Waals surface area contributed by atoms with Gasteiger partial charge in [-0.05, 0) is 46.6 Å². The first-order valence-electron chi connectivity index (χ1n) is 6.57. The number of aromatic nitrogens is 2. The Morgan fingerprint density at radius 2 is 2.11 bits per heavy atom. The predicted octanol–water partition coefficient (Wildman–Crippen LogP) is 4.42. The van der Waals surface area contributed by atoms with Gasteiger partial charge in [0, 0.05) is 26.3 Å². The molecule has 0 aromatic carbocycles. The van der Waals surface area contributed by atoms with E-state index in [4.69, 9.17) is 4.74 Å². The van der Waals surface area contributed by atoms with Crippen LogP contribution in [0.1, 0.15) is 5.56 Å². The van der Waals surface area contributed by atoms with Crippen molar-refractivity contribution < 1.29 is 4.74 Å². The Bertz CT molecular complexity index is 575. The van der Waals surface area contributed by atoms with Gasteiger partial charge in [-0.15, -0.1) is 0 Å². The Labute approximate surface area is 124 Å². The summed E-state index contributed by atoms with van der Waals surface area (Å²) < 4.78 is 8.98. The maximum absolute atomic E-state index is 5.83. The summed E-state index contributed by atoms with van der Waals surface area (Å²) in [5.74, 6) is 0. The first-order valence-corrected chi connectivity index (χ1v) is 11.1. The van der Waals surface area contributed by atoms with Crippen LogP contribution >= 0.6 is 15.9 Å². The van der Waals surface area contributed by atoms with Crippen LogP contribution in [-0.4, -0.2) is 24.2 Å². The van der Waals surface area contributed by atoms with Crippen LogP contribution in [0.15, 0.2) is 22.9 Å². The van der Waals surface area contributed by atoms with Crippen LogP contribution in [0.3, 0.4) is 0 Å². The van der Waals surface area contributed by atoms with Gasteiger partial charge in [0.2, 0.25) is 0 Å². The molecule has 0 fully saturated rings. The molecule has 0 aliphatic rings. The van der Waals surface area contributed by atoms with E-state index in [0.29, 0.717) is 6.73 Å². The van der Waals surface area contributed by atoms with Crippen LogP contribution in [0.25, 0.3) is 11.0 Å². The van der Waals surface area contributed by atoms with Crippen LogP contribution < -0.4 is 0 Å². The van der Waals surface area contributed by atoms with Crippen molar-refractivity contribution in [2.24, 2.45) is 0 Å². The fourth-order valence-corrected chi connectivity index (χ4v) is 3.20. The molecule has 5 heteroatoms. The van der Waals surface area contributed by atoms with Gasteiger partial charge in [0.1, 0.15) is 12.4 Å². The third kappa shape index (κ3) is 3.46. The minimum Gasteiger partial charge on any atom is -0.361 e. The van der Waals surface area contributed by atoms with E-state index in [-0.39, 0.29) is 0 Å². The second kappa shape index (κ2) is 5.77. The molecule has 0 N–H and O–H groups in total. The van der Waals surface area contributed by atoms with Crippen molar-refractivity contribution >= 4 is 35.0 Å². The number of ether oxygens (including phenoxy) is 1. The highest BCUT2D eigenvalue weighted by Gasteiger charge is 2.14. The van der Waals surface area contributed by atoms with E-state index < -0.39 is 8.07 Å². The normalized spacial score (nSPS) is 12.3. The van der Waals surface area contributed by atoms with E-state index in [1.165, 1.54) is 17.0 Å². The minimum atomic E-state index is -1.02.